The largest absolute Gasteiger partial charge is 0.486 e. The zero-order chi connectivity index (χ0) is 29.7. The fourth-order valence-electron chi connectivity index (χ4n) is 5.79. The van der Waals surface area contributed by atoms with Gasteiger partial charge in [-0.3, -0.25) is 0 Å². The average Bonchev–Trinajstić information content (AvgIpc) is 3.10. The van der Waals surface area contributed by atoms with Gasteiger partial charge in [0.05, 0.1) is 17.1 Å². The molecular weight excluding hydrogens is 536 g/mol. The van der Waals surface area contributed by atoms with E-state index in [9.17, 15) is 0 Å². The predicted octanol–water partition coefficient (Wildman–Crippen LogP) is 10.8. The average molecular weight is 569 g/mol. The maximum Gasteiger partial charge on any atom is 0.150 e. The normalized spacial score (nSPS) is 10.9. The highest BCUT2D eigenvalue weighted by atomic mass is 16.5. The highest BCUT2D eigenvalue weighted by molar-refractivity contribution is 6.05. The number of para-hydroxylation sites is 1. The summed E-state index contributed by atoms with van der Waals surface area (Å²) in [6, 6.07) is 59.0. The van der Waals surface area contributed by atoms with Gasteiger partial charge in [-0.1, -0.05) is 133 Å². The number of ether oxygens (including phenoxy) is 1. The summed E-state index contributed by atoms with van der Waals surface area (Å²) < 4.78 is 6.40. The lowest BCUT2D eigenvalue weighted by molar-refractivity contribution is 0.312. The summed E-state index contributed by atoms with van der Waals surface area (Å²) in [6.45, 7) is 0.440. The lowest BCUT2D eigenvalue weighted by atomic mass is 9.99. The molecule has 0 spiro atoms. The molecule has 0 unspecified atom stereocenters. The van der Waals surface area contributed by atoms with Crippen molar-refractivity contribution in [1.82, 2.24) is 0 Å². The summed E-state index contributed by atoms with van der Waals surface area (Å²) in [5.74, 6) is 0.698. The summed E-state index contributed by atoms with van der Waals surface area (Å²) in [5.41, 5.74) is 16.1. The van der Waals surface area contributed by atoms with Gasteiger partial charge in [0.1, 0.15) is 6.61 Å². The van der Waals surface area contributed by atoms with Crippen LogP contribution in [0.5, 0.6) is 5.75 Å². The number of benzene rings is 7. The number of nitrogens with zero attached hydrogens (tertiary/aromatic N) is 1. The highest BCUT2D eigenvalue weighted by Gasteiger charge is 2.20. The van der Waals surface area contributed by atoms with Crippen LogP contribution in [0.3, 0.4) is 0 Å². The zero-order valence-corrected chi connectivity index (χ0v) is 24.3. The van der Waals surface area contributed by atoms with Crippen molar-refractivity contribution in [3.8, 4) is 28.0 Å². The molecule has 0 aliphatic rings. The van der Waals surface area contributed by atoms with E-state index in [4.69, 9.17) is 10.5 Å². The van der Waals surface area contributed by atoms with Crippen LogP contribution in [-0.4, -0.2) is 0 Å². The van der Waals surface area contributed by atoms with E-state index in [1.165, 1.54) is 11.1 Å². The van der Waals surface area contributed by atoms with Gasteiger partial charge in [-0.15, -0.1) is 0 Å². The van der Waals surface area contributed by atoms with Crippen LogP contribution in [0.15, 0.2) is 170 Å². The van der Waals surface area contributed by atoms with Crippen molar-refractivity contribution in [2.24, 2.45) is 0 Å². The van der Waals surface area contributed by atoms with Crippen molar-refractivity contribution in [3.63, 3.8) is 0 Å². The number of hydrogen-bond donors (Lipinski definition) is 1. The molecule has 0 bridgehead atoms. The van der Waals surface area contributed by atoms with Crippen LogP contribution in [0, 0.1) is 0 Å². The fraction of sp³-hybridized carbons (Fsp3) is 0.0244. The van der Waals surface area contributed by atoms with E-state index in [0.717, 1.165) is 44.5 Å². The van der Waals surface area contributed by atoms with Crippen LogP contribution in [0.25, 0.3) is 33.0 Å². The van der Waals surface area contributed by atoms with Gasteiger partial charge in [0.2, 0.25) is 0 Å². The van der Waals surface area contributed by atoms with Gasteiger partial charge >= 0.3 is 0 Å². The van der Waals surface area contributed by atoms with Gasteiger partial charge in [0.25, 0.3) is 0 Å². The third kappa shape index (κ3) is 5.39. The van der Waals surface area contributed by atoms with E-state index < -0.39 is 0 Å². The smallest absolute Gasteiger partial charge is 0.150 e. The van der Waals surface area contributed by atoms with Crippen molar-refractivity contribution in [2.75, 3.05) is 10.6 Å². The second kappa shape index (κ2) is 12.2. The van der Waals surface area contributed by atoms with Crippen LogP contribution in [0.4, 0.5) is 22.7 Å². The number of rotatable bonds is 8. The molecule has 44 heavy (non-hydrogen) atoms. The molecule has 3 heteroatoms. The standard InChI is InChI=1S/C41H32N2O/c42-38-28-27-36-37(41(38)44-29-30-13-4-1-5-14-30)20-12-22-40(36)43(34-25-23-32(24-26-34)31-15-6-2-7-16-31)39-21-11-10-19-35(39)33-17-8-3-9-18-33/h1-28H,29,42H2. The second-order valence-corrected chi connectivity index (χ2v) is 10.8. The van der Waals surface area contributed by atoms with Crippen molar-refractivity contribution >= 4 is 33.5 Å². The van der Waals surface area contributed by atoms with Gasteiger partial charge < -0.3 is 15.4 Å². The summed E-state index contributed by atoms with van der Waals surface area (Å²) in [6.07, 6.45) is 0. The monoisotopic (exact) mass is 568 g/mol. The fourth-order valence-corrected chi connectivity index (χ4v) is 5.79. The van der Waals surface area contributed by atoms with Crippen LogP contribution in [0.2, 0.25) is 0 Å². The zero-order valence-electron chi connectivity index (χ0n) is 24.3. The Hall–Kier alpha value is -5.80. The van der Waals surface area contributed by atoms with Gasteiger partial charge in [-0.05, 0) is 58.7 Å². The molecule has 0 aliphatic carbocycles. The SMILES string of the molecule is Nc1ccc2c(N(c3ccc(-c4ccccc4)cc3)c3ccccc3-c3ccccc3)cccc2c1OCc1ccccc1. The minimum atomic E-state index is 0.440. The molecule has 0 saturated carbocycles. The molecule has 212 valence electrons. The molecule has 0 radical (unpaired) electrons. The molecule has 0 atom stereocenters. The second-order valence-electron chi connectivity index (χ2n) is 10.8. The molecule has 7 aromatic carbocycles. The van der Waals surface area contributed by atoms with E-state index in [1.54, 1.807) is 0 Å². The van der Waals surface area contributed by atoms with Crippen molar-refractivity contribution in [2.45, 2.75) is 6.61 Å². The molecule has 0 aliphatic heterocycles. The molecular formula is C41H32N2O. The van der Waals surface area contributed by atoms with Crippen molar-refractivity contribution in [3.05, 3.63) is 175 Å². The third-order valence-corrected chi connectivity index (χ3v) is 7.95. The van der Waals surface area contributed by atoms with Crippen LogP contribution in [0.1, 0.15) is 5.56 Å². The first-order valence-electron chi connectivity index (χ1n) is 14.8. The molecule has 0 heterocycles. The van der Waals surface area contributed by atoms with E-state index >= 15 is 0 Å². The third-order valence-electron chi connectivity index (χ3n) is 7.95. The molecule has 0 saturated heterocycles. The molecule has 3 nitrogen and oxygen atoms in total. The van der Waals surface area contributed by atoms with E-state index in [2.05, 4.69) is 144 Å². The maximum absolute atomic E-state index is 6.53. The first kappa shape index (κ1) is 27.1. The summed E-state index contributed by atoms with van der Waals surface area (Å²) in [4.78, 5) is 2.34. The van der Waals surface area contributed by atoms with Crippen molar-refractivity contribution in [1.29, 1.82) is 0 Å². The summed E-state index contributed by atoms with van der Waals surface area (Å²) >= 11 is 0. The molecule has 0 fully saturated rings. The Morgan fingerprint density at radius 3 is 1.77 bits per heavy atom. The Morgan fingerprint density at radius 1 is 0.455 bits per heavy atom. The molecule has 0 amide bonds. The Morgan fingerprint density at radius 2 is 1.05 bits per heavy atom. The minimum absolute atomic E-state index is 0.440. The molecule has 0 aromatic heterocycles. The highest BCUT2D eigenvalue weighted by Crippen LogP contribution is 2.45. The van der Waals surface area contributed by atoms with Gasteiger partial charge in [0, 0.05) is 22.0 Å². The first-order valence-corrected chi connectivity index (χ1v) is 14.8. The number of anilines is 4. The van der Waals surface area contributed by atoms with Gasteiger partial charge in [-0.2, -0.15) is 0 Å². The number of fused-ring (bicyclic) bond motifs is 1. The van der Waals surface area contributed by atoms with Crippen molar-refractivity contribution < 1.29 is 4.74 Å². The first-order chi connectivity index (χ1) is 21.8. The quantitative estimate of drug-likeness (QED) is 0.185. The van der Waals surface area contributed by atoms with E-state index in [0.29, 0.717) is 18.0 Å². The number of hydrogen-bond acceptors (Lipinski definition) is 3. The summed E-state index contributed by atoms with van der Waals surface area (Å²) in [7, 11) is 0. The van der Waals surface area contributed by atoms with Crippen LogP contribution in [-0.2, 0) is 6.61 Å². The van der Waals surface area contributed by atoms with Crippen LogP contribution >= 0.6 is 0 Å². The Labute approximate surface area is 258 Å². The minimum Gasteiger partial charge on any atom is -0.486 e. The van der Waals surface area contributed by atoms with E-state index in [-0.39, 0.29) is 0 Å². The molecule has 7 aromatic rings. The Balaban J connectivity index is 1.40. The van der Waals surface area contributed by atoms with Gasteiger partial charge in [0.15, 0.2) is 5.75 Å². The number of nitrogens with two attached hydrogens (primary N) is 1. The maximum atomic E-state index is 6.53. The molecule has 2 N–H and O–H groups in total. The Kier molecular flexibility index (Phi) is 7.51. The molecule has 7 rings (SSSR count). The van der Waals surface area contributed by atoms with Crippen LogP contribution < -0.4 is 15.4 Å². The predicted molar refractivity (Wildman–Crippen MR) is 185 cm³/mol. The lowest BCUT2D eigenvalue weighted by Gasteiger charge is -2.29. The van der Waals surface area contributed by atoms with E-state index in [1.807, 2.05) is 30.3 Å². The number of nitrogen functional groups attached to an aromatic ring is 1. The lowest BCUT2D eigenvalue weighted by Crippen LogP contribution is -2.12. The topological polar surface area (TPSA) is 38.5 Å². The van der Waals surface area contributed by atoms with Gasteiger partial charge in [-0.25, -0.2) is 0 Å². The summed E-state index contributed by atoms with van der Waals surface area (Å²) in [5, 5.41) is 2.03. The Bertz CT molecular complexity index is 2000.